The molecule has 0 radical (unpaired) electrons. The summed E-state index contributed by atoms with van der Waals surface area (Å²) in [4.78, 5) is 7.01. The molecule has 0 atom stereocenters. The van der Waals surface area contributed by atoms with Crippen molar-refractivity contribution in [3.05, 3.63) is 42.0 Å². The predicted molar refractivity (Wildman–Crippen MR) is 126 cm³/mol. The van der Waals surface area contributed by atoms with Gasteiger partial charge in [0.15, 0.2) is 11.8 Å². The molecule has 2 rings (SSSR count). The highest BCUT2D eigenvalue weighted by Crippen LogP contribution is 2.10. The van der Waals surface area contributed by atoms with E-state index in [1.54, 1.807) is 0 Å². The Morgan fingerprint density at radius 1 is 1.07 bits per heavy atom. The minimum atomic E-state index is 0.516. The molecule has 1 heterocycles. The van der Waals surface area contributed by atoms with E-state index in [4.69, 9.17) is 4.99 Å². The van der Waals surface area contributed by atoms with E-state index in [0.717, 1.165) is 56.0 Å². The number of nitrogens with zero attached hydrogens (tertiary/aromatic N) is 5. The van der Waals surface area contributed by atoms with E-state index >= 15 is 0 Å². The zero-order valence-corrected chi connectivity index (χ0v) is 19.4. The Hall–Kier alpha value is -2.57. The molecule has 0 aliphatic rings. The van der Waals surface area contributed by atoms with Gasteiger partial charge in [-0.3, -0.25) is 0 Å². The van der Waals surface area contributed by atoms with Crippen LogP contribution in [0.2, 0.25) is 0 Å². The molecule has 0 aliphatic heterocycles. The Kier molecular flexibility index (Phi) is 10.2. The molecule has 0 amide bonds. The van der Waals surface area contributed by atoms with Gasteiger partial charge in [0, 0.05) is 39.4 Å². The van der Waals surface area contributed by atoms with Crippen LogP contribution in [0, 0.1) is 12.8 Å². The van der Waals surface area contributed by atoms with E-state index in [0.29, 0.717) is 6.54 Å². The number of rotatable bonds is 12. The van der Waals surface area contributed by atoms with Crippen molar-refractivity contribution in [2.45, 2.75) is 53.0 Å². The number of guanidine groups is 1. The number of nitrogens with one attached hydrogen (secondary N) is 2. The summed E-state index contributed by atoms with van der Waals surface area (Å²) in [6.45, 7) is 9.81. The van der Waals surface area contributed by atoms with E-state index < -0.39 is 0 Å². The van der Waals surface area contributed by atoms with Crippen LogP contribution < -0.4 is 15.5 Å². The van der Waals surface area contributed by atoms with E-state index in [9.17, 15) is 0 Å². The molecular weight excluding hydrogens is 374 g/mol. The van der Waals surface area contributed by atoms with Crippen molar-refractivity contribution in [2.75, 3.05) is 31.6 Å². The number of aryl methyl sites for hydroxylation is 1. The fourth-order valence-corrected chi connectivity index (χ4v) is 3.13. The van der Waals surface area contributed by atoms with Crippen molar-refractivity contribution in [3.63, 3.8) is 0 Å². The first kappa shape index (κ1) is 23.7. The van der Waals surface area contributed by atoms with Gasteiger partial charge in [-0.1, -0.05) is 44.9 Å². The van der Waals surface area contributed by atoms with Crippen LogP contribution in [0.1, 0.15) is 51.2 Å². The average molecular weight is 414 g/mol. The minimum Gasteiger partial charge on any atom is -0.375 e. The second-order valence-electron chi connectivity index (χ2n) is 8.24. The SMILES string of the molecule is Cc1nnc(CN=C(NCCCCC(C)C)NCCCN(C)c2ccccc2)n1C. The van der Waals surface area contributed by atoms with Crippen LogP contribution in [0.4, 0.5) is 5.69 Å². The van der Waals surface area contributed by atoms with Crippen molar-refractivity contribution >= 4 is 11.6 Å². The van der Waals surface area contributed by atoms with E-state index in [-0.39, 0.29) is 0 Å². The summed E-state index contributed by atoms with van der Waals surface area (Å²) in [5.74, 6) is 3.39. The highest BCUT2D eigenvalue weighted by atomic mass is 15.3. The number of hydrogen-bond acceptors (Lipinski definition) is 4. The smallest absolute Gasteiger partial charge is 0.191 e. The average Bonchev–Trinajstić information content (AvgIpc) is 3.06. The topological polar surface area (TPSA) is 70.4 Å². The van der Waals surface area contributed by atoms with Gasteiger partial charge in [-0.25, -0.2) is 4.99 Å². The summed E-state index contributed by atoms with van der Waals surface area (Å²) in [7, 11) is 4.11. The molecule has 1 aromatic heterocycles. The minimum absolute atomic E-state index is 0.516. The molecule has 2 aromatic rings. The maximum Gasteiger partial charge on any atom is 0.191 e. The second kappa shape index (κ2) is 12.9. The fraction of sp³-hybridized carbons (Fsp3) is 0.609. The highest BCUT2D eigenvalue weighted by Gasteiger charge is 2.06. The number of aliphatic imine (C=N–C) groups is 1. The molecule has 0 saturated carbocycles. The van der Waals surface area contributed by atoms with Crippen LogP contribution in [0.15, 0.2) is 35.3 Å². The molecule has 166 valence electrons. The number of hydrogen-bond donors (Lipinski definition) is 2. The van der Waals surface area contributed by atoms with Gasteiger partial charge in [0.05, 0.1) is 0 Å². The van der Waals surface area contributed by atoms with Crippen LogP contribution in [0.25, 0.3) is 0 Å². The number of benzene rings is 1. The molecule has 0 fully saturated rings. The fourth-order valence-electron chi connectivity index (χ4n) is 3.13. The molecule has 0 unspecified atom stereocenters. The zero-order chi connectivity index (χ0) is 21.8. The van der Waals surface area contributed by atoms with Crippen molar-refractivity contribution in [3.8, 4) is 0 Å². The maximum atomic E-state index is 4.73. The van der Waals surface area contributed by atoms with Crippen LogP contribution in [0.3, 0.4) is 0 Å². The van der Waals surface area contributed by atoms with Crippen LogP contribution in [-0.4, -0.2) is 47.4 Å². The van der Waals surface area contributed by atoms with E-state index in [1.165, 1.54) is 18.5 Å². The Labute approximate surface area is 182 Å². The lowest BCUT2D eigenvalue weighted by Crippen LogP contribution is -2.39. The van der Waals surface area contributed by atoms with Gasteiger partial charge in [0.25, 0.3) is 0 Å². The summed E-state index contributed by atoms with van der Waals surface area (Å²) in [5.41, 5.74) is 1.24. The lowest BCUT2D eigenvalue weighted by molar-refractivity contribution is 0.534. The predicted octanol–water partition coefficient (Wildman–Crippen LogP) is 3.51. The number of anilines is 1. The summed E-state index contributed by atoms with van der Waals surface area (Å²) >= 11 is 0. The second-order valence-corrected chi connectivity index (χ2v) is 8.24. The Balaban J connectivity index is 1.82. The quantitative estimate of drug-likeness (QED) is 0.317. The third-order valence-electron chi connectivity index (χ3n) is 5.22. The maximum absolute atomic E-state index is 4.73. The van der Waals surface area contributed by atoms with Crippen molar-refractivity contribution in [1.82, 2.24) is 25.4 Å². The van der Waals surface area contributed by atoms with Crippen molar-refractivity contribution in [2.24, 2.45) is 18.0 Å². The van der Waals surface area contributed by atoms with Crippen LogP contribution in [-0.2, 0) is 13.6 Å². The van der Waals surface area contributed by atoms with Crippen molar-refractivity contribution in [1.29, 1.82) is 0 Å². The van der Waals surface area contributed by atoms with Gasteiger partial charge in [-0.05, 0) is 37.8 Å². The zero-order valence-electron chi connectivity index (χ0n) is 19.4. The molecule has 1 aromatic carbocycles. The van der Waals surface area contributed by atoms with Gasteiger partial charge in [-0.15, -0.1) is 10.2 Å². The third kappa shape index (κ3) is 8.43. The first-order valence-electron chi connectivity index (χ1n) is 11.1. The molecule has 30 heavy (non-hydrogen) atoms. The lowest BCUT2D eigenvalue weighted by atomic mass is 10.1. The van der Waals surface area contributed by atoms with Gasteiger partial charge in [-0.2, -0.15) is 0 Å². The normalized spacial score (nSPS) is 11.7. The van der Waals surface area contributed by atoms with Crippen LogP contribution in [0.5, 0.6) is 0 Å². The molecular formula is C23H39N7. The van der Waals surface area contributed by atoms with Gasteiger partial charge < -0.3 is 20.1 Å². The van der Waals surface area contributed by atoms with E-state index in [2.05, 4.69) is 70.9 Å². The lowest BCUT2D eigenvalue weighted by Gasteiger charge is -2.19. The van der Waals surface area contributed by atoms with Gasteiger partial charge in [0.1, 0.15) is 12.4 Å². The van der Waals surface area contributed by atoms with Gasteiger partial charge >= 0.3 is 0 Å². The largest absolute Gasteiger partial charge is 0.375 e. The summed E-state index contributed by atoms with van der Waals surface area (Å²) in [6.07, 6.45) is 4.69. The van der Waals surface area contributed by atoms with Crippen molar-refractivity contribution < 1.29 is 0 Å². The highest BCUT2D eigenvalue weighted by molar-refractivity contribution is 5.79. The van der Waals surface area contributed by atoms with Gasteiger partial charge in [0.2, 0.25) is 0 Å². The molecule has 0 saturated heterocycles. The first-order valence-corrected chi connectivity index (χ1v) is 11.1. The molecule has 7 heteroatoms. The molecule has 0 aliphatic carbocycles. The Bertz CT molecular complexity index is 752. The molecule has 7 nitrogen and oxygen atoms in total. The summed E-state index contributed by atoms with van der Waals surface area (Å²) in [5, 5.41) is 15.3. The third-order valence-corrected chi connectivity index (χ3v) is 5.22. The molecule has 0 bridgehead atoms. The number of aromatic nitrogens is 3. The number of para-hydroxylation sites is 1. The van der Waals surface area contributed by atoms with E-state index in [1.807, 2.05) is 24.6 Å². The standard InChI is InChI=1S/C23H39N7/c1-19(2)12-9-10-15-24-23(26-18-22-28-27-20(3)30(22)5)25-16-11-17-29(4)21-13-7-6-8-14-21/h6-8,13-14,19H,9-12,15-18H2,1-5H3,(H2,24,25,26). The van der Waals surface area contributed by atoms with Crippen LogP contribution >= 0.6 is 0 Å². The Morgan fingerprint density at radius 2 is 1.77 bits per heavy atom. The monoisotopic (exact) mass is 413 g/mol. The molecule has 0 spiro atoms. The number of unbranched alkanes of at least 4 members (excludes halogenated alkanes) is 1. The summed E-state index contributed by atoms with van der Waals surface area (Å²) < 4.78 is 1.98. The summed E-state index contributed by atoms with van der Waals surface area (Å²) in [6, 6.07) is 10.5. The molecule has 2 N–H and O–H groups in total. The Morgan fingerprint density at radius 3 is 2.40 bits per heavy atom. The first-order chi connectivity index (χ1) is 14.5.